The van der Waals surface area contributed by atoms with E-state index in [0.29, 0.717) is 18.1 Å². The number of aromatic nitrogens is 2. The summed E-state index contributed by atoms with van der Waals surface area (Å²) in [6.07, 6.45) is 0. The van der Waals surface area contributed by atoms with Crippen LogP contribution >= 0.6 is 11.8 Å². The van der Waals surface area contributed by atoms with Crippen LogP contribution in [-0.2, 0) is 6.61 Å². The molecule has 2 heterocycles. The van der Waals surface area contributed by atoms with Gasteiger partial charge < -0.3 is 14.4 Å². The summed E-state index contributed by atoms with van der Waals surface area (Å²) < 4.78 is 10.9. The van der Waals surface area contributed by atoms with E-state index in [-0.39, 0.29) is 5.91 Å². The lowest BCUT2D eigenvalue weighted by Gasteiger charge is -2.25. The molecule has 1 aromatic carbocycles. The van der Waals surface area contributed by atoms with Gasteiger partial charge in [-0.15, -0.1) is 0 Å². The second kappa shape index (κ2) is 7.41. The van der Waals surface area contributed by atoms with E-state index in [1.165, 1.54) is 0 Å². The van der Waals surface area contributed by atoms with E-state index in [1.807, 2.05) is 40.9 Å². The maximum atomic E-state index is 12.3. The van der Waals surface area contributed by atoms with Gasteiger partial charge in [0.2, 0.25) is 0 Å². The highest BCUT2D eigenvalue weighted by Gasteiger charge is 2.20. The van der Waals surface area contributed by atoms with Crippen LogP contribution in [-0.4, -0.2) is 52.7 Å². The van der Waals surface area contributed by atoms with Crippen LogP contribution in [0.5, 0.6) is 11.5 Å². The van der Waals surface area contributed by atoms with Crippen molar-refractivity contribution in [2.75, 3.05) is 31.7 Å². The van der Waals surface area contributed by atoms with E-state index in [2.05, 4.69) is 10.2 Å². The molecule has 2 aromatic rings. The average molecular weight is 333 g/mol. The number of carbonyl (C=O) groups excluding carboxylic acids is 1. The van der Waals surface area contributed by atoms with E-state index in [0.717, 1.165) is 36.0 Å². The van der Waals surface area contributed by atoms with Gasteiger partial charge in [0.15, 0.2) is 5.69 Å². The van der Waals surface area contributed by atoms with Crippen LogP contribution in [0.25, 0.3) is 0 Å². The first-order chi connectivity index (χ1) is 11.3. The van der Waals surface area contributed by atoms with Gasteiger partial charge in [0.1, 0.15) is 18.1 Å². The molecule has 3 rings (SSSR count). The average Bonchev–Trinajstić information content (AvgIpc) is 3.09. The molecular formula is C16H19N3O3S. The van der Waals surface area contributed by atoms with Gasteiger partial charge in [-0.2, -0.15) is 16.9 Å². The minimum atomic E-state index is -0.0193. The normalized spacial score (nSPS) is 14.6. The molecule has 0 atom stereocenters. The number of H-pyrrole nitrogens is 1. The molecule has 0 unspecified atom stereocenters. The molecule has 7 heteroatoms. The van der Waals surface area contributed by atoms with Crippen LogP contribution < -0.4 is 9.47 Å². The summed E-state index contributed by atoms with van der Waals surface area (Å²) >= 11 is 1.87. The van der Waals surface area contributed by atoms with E-state index in [4.69, 9.17) is 9.47 Å². The smallest absolute Gasteiger partial charge is 0.274 e. The van der Waals surface area contributed by atoms with Crippen molar-refractivity contribution in [3.8, 4) is 11.5 Å². The van der Waals surface area contributed by atoms with Crippen molar-refractivity contribution in [1.82, 2.24) is 15.1 Å². The fourth-order valence-corrected chi connectivity index (χ4v) is 3.23. The number of hydrogen-bond donors (Lipinski definition) is 1. The van der Waals surface area contributed by atoms with Gasteiger partial charge in [-0.1, -0.05) is 6.07 Å². The molecule has 0 bridgehead atoms. The Hall–Kier alpha value is -2.15. The first-order valence-electron chi connectivity index (χ1n) is 7.44. The Morgan fingerprint density at radius 2 is 2.09 bits per heavy atom. The molecule has 1 aliphatic rings. The van der Waals surface area contributed by atoms with Crippen molar-refractivity contribution in [2.24, 2.45) is 0 Å². The Labute approximate surface area is 139 Å². The predicted molar refractivity (Wildman–Crippen MR) is 89.1 cm³/mol. The minimum absolute atomic E-state index is 0.0193. The van der Waals surface area contributed by atoms with Crippen molar-refractivity contribution in [2.45, 2.75) is 6.61 Å². The fourth-order valence-electron chi connectivity index (χ4n) is 2.33. The van der Waals surface area contributed by atoms with Crippen molar-refractivity contribution in [1.29, 1.82) is 0 Å². The number of aromatic amines is 1. The number of methoxy groups -OCH3 is 1. The molecule has 6 nitrogen and oxygen atoms in total. The van der Waals surface area contributed by atoms with Crippen molar-refractivity contribution < 1.29 is 14.3 Å². The molecule has 0 radical (unpaired) electrons. The van der Waals surface area contributed by atoms with Crippen molar-refractivity contribution in [3.63, 3.8) is 0 Å². The Kier molecular flexibility index (Phi) is 5.07. The third-order valence-corrected chi connectivity index (χ3v) is 4.53. The standard InChI is InChI=1S/C16H19N3O3S/c1-21-13-3-2-4-14(10-13)22-11-12-9-15(18-17-12)16(20)19-5-7-23-8-6-19/h2-4,9-10H,5-8,11H2,1H3,(H,17,18). The number of carbonyl (C=O) groups is 1. The van der Waals surface area contributed by atoms with E-state index >= 15 is 0 Å². The minimum Gasteiger partial charge on any atom is -0.497 e. The zero-order valence-electron chi connectivity index (χ0n) is 12.9. The largest absolute Gasteiger partial charge is 0.497 e. The van der Waals surface area contributed by atoms with Crippen LogP contribution in [0.15, 0.2) is 30.3 Å². The molecule has 122 valence electrons. The van der Waals surface area contributed by atoms with Gasteiger partial charge in [0, 0.05) is 30.7 Å². The third kappa shape index (κ3) is 3.98. The van der Waals surface area contributed by atoms with Gasteiger partial charge in [0.25, 0.3) is 5.91 Å². The second-order valence-electron chi connectivity index (χ2n) is 5.15. The summed E-state index contributed by atoms with van der Waals surface area (Å²) in [5.41, 5.74) is 1.21. The highest BCUT2D eigenvalue weighted by molar-refractivity contribution is 7.99. The summed E-state index contributed by atoms with van der Waals surface area (Å²) in [5, 5.41) is 6.98. The SMILES string of the molecule is COc1cccc(OCc2cc(C(=O)N3CCSCC3)n[nH]2)c1. The van der Waals surface area contributed by atoms with Gasteiger partial charge in [-0.3, -0.25) is 9.89 Å². The highest BCUT2D eigenvalue weighted by atomic mass is 32.2. The third-order valence-electron chi connectivity index (χ3n) is 3.58. The Bertz CT molecular complexity index is 668. The van der Waals surface area contributed by atoms with Crippen LogP contribution in [0.4, 0.5) is 0 Å². The van der Waals surface area contributed by atoms with Crippen molar-refractivity contribution in [3.05, 3.63) is 41.7 Å². The molecular weight excluding hydrogens is 314 g/mol. The number of benzene rings is 1. The quantitative estimate of drug-likeness (QED) is 0.908. The molecule has 1 N–H and O–H groups in total. The summed E-state index contributed by atoms with van der Waals surface area (Å²) in [6, 6.07) is 9.15. The van der Waals surface area contributed by atoms with Crippen molar-refractivity contribution >= 4 is 17.7 Å². The monoisotopic (exact) mass is 333 g/mol. The number of nitrogens with one attached hydrogen (secondary N) is 1. The lowest BCUT2D eigenvalue weighted by atomic mass is 10.3. The first kappa shape index (κ1) is 15.7. The lowest BCUT2D eigenvalue weighted by molar-refractivity contribution is 0.0766. The zero-order chi connectivity index (χ0) is 16.1. The lowest BCUT2D eigenvalue weighted by Crippen LogP contribution is -2.38. The van der Waals surface area contributed by atoms with Crippen LogP contribution in [0.2, 0.25) is 0 Å². The molecule has 1 aromatic heterocycles. The summed E-state index contributed by atoms with van der Waals surface area (Å²) in [4.78, 5) is 14.2. The molecule has 1 amide bonds. The molecule has 0 saturated carbocycles. The molecule has 23 heavy (non-hydrogen) atoms. The Balaban J connectivity index is 1.59. The molecule has 1 saturated heterocycles. The molecule has 1 aliphatic heterocycles. The number of rotatable bonds is 5. The van der Waals surface area contributed by atoms with Crippen LogP contribution in [0.1, 0.15) is 16.2 Å². The van der Waals surface area contributed by atoms with E-state index < -0.39 is 0 Å². The number of hydrogen-bond acceptors (Lipinski definition) is 5. The summed E-state index contributed by atoms with van der Waals surface area (Å²) in [7, 11) is 1.62. The zero-order valence-corrected chi connectivity index (χ0v) is 13.8. The Morgan fingerprint density at radius 3 is 2.87 bits per heavy atom. The number of nitrogens with zero attached hydrogens (tertiary/aromatic N) is 2. The number of amides is 1. The first-order valence-corrected chi connectivity index (χ1v) is 8.60. The summed E-state index contributed by atoms with van der Waals surface area (Å²) in [5.74, 6) is 3.41. The second-order valence-corrected chi connectivity index (χ2v) is 6.38. The van der Waals surface area contributed by atoms with Gasteiger partial charge in [-0.05, 0) is 18.2 Å². The highest BCUT2D eigenvalue weighted by Crippen LogP contribution is 2.20. The van der Waals surface area contributed by atoms with E-state index in [1.54, 1.807) is 13.2 Å². The van der Waals surface area contributed by atoms with Gasteiger partial charge in [-0.25, -0.2) is 0 Å². The van der Waals surface area contributed by atoms with Gasteiger partial charge in [0.05, 0.1) is 12.8 Å². The summed E-state index contributed by atoms with van der Waals surface area (Å²) in [6.45, 7) is 1.89. The topological polar surface area (TPSA) is 67.5 Å². The number of thioether (sulfide) groups is 1. The molecule has 1 fully saturated rings. The molecule has 0 aliphatic carbocycles. The van der Waals surface area contributed by atoms with Crippen LogP contribution in [0.3, 0.4) is 0 Å². The fraction of sp³-hybridized carbons (Fsp3) is 0.375. The predicted octanol–water partition coefficient (Wildman–Crippen LogP) is 2.19. The van der Waals surface area contributed by atoms with E-state index in [9.17, 15) is 4.79 Å². The van der Waals surface area contributed by atoms with Gasteiger partial charge >= 0.3 is 0 Å². The maximum Gasteiger partial charge on any atom is 0.274 e. The van der Waals surface area contributed by atoms with Crippen LogP contribution in [0, 0.1) is 0 Å². The molecule has 0 spiro atoms. The number of ether oxygens (including phenoxy) is 2. The maximum absolute atomic E-state index is 12.3. The Morgan fingerprint density at radius 1 is 1.30 bits per heavy atom.